The van der Waals surface area contributed by atoms with Gasteiger partial charge in [-0.1, -0.05) is 39.0 Å². The Kier molecular flexibility index (Phi) is 3.89. The fraction of sp³-hybridized carbons (Fsp3) is 0.333. The Morgan fingerprint density at radius 3 is 2.27 bits per heavy atom. The molecule has 0 fully saturated rings. The molecule has 0 atom stereocenters. The van der Waals surface area contributed by atoms with Gasteiger partial charge >= 0.3 is 0 Å². The Balaban J connectivity index is 3.11. The third-order valence-corrected chi connectivity index (χ3v) is 1.90. The summed E-state index contributed by atoms with van der Waals surface area (Å²) < 4.78 is 0. The van der Waals surface area contributed by atoms with Crippen molar-refractivity contribution in [2.75, 3.05) is 0 Å². The van der Waals surface area contributed by atoms with E-state index in [0.29, 0.717) is 5.84 Å². The van der Waals surface area contributed by atoms with E-state index >= 15 is 0 Å². The van der Waals surface area contributed by atoms with Crippen LogP contribution in [-0.2, 0) is 0 Å². The van der Waals surface area contributed by atoms with Crippen LogP contribution in [0.3, 0.4) is 0 Å². The van der Waals surface area contributed by atoms with E-state index in [9.17, 15) is 0 Å². The zero-order valence-corrected chi connectivity index (χ0v) is 10.0. The van der Waals surface area contributed by atoms with E-state index in [1.54, 1.807) is 0 Å². The third-order valence-electron chi connectivity index (χ3n) is 1.81. The second kappa shape index (κ2) is 4.96. The molecule has 1 aromatic carbocycles. The van der Waals surface area contributed by atoms with Crippen molar-refractivity contribution in [1.29, 1.82) is 0 Å². The first-order chi connectivity index (χ1) is 7.04. The lowest BCUT2D eigenvalue weighted by Crippen LogP contribution is -2.17. The van der Waals surface area contributed by atoms with Crippen molar-refractivity contribution in [2.24, 2.45) is 15.4 Å². The monoisotopic (exact) mass is 218 g/mol. The van der Waals surface area contributed by atoms with Gasteiger partial charge in [0.2, 0.25) is 0 Å². The van der Waals surface area contributed by atoms with Crippen molar-refractivity contribution >= 4 is 28.9 Å². The van der Waals surface area contributed by atoms with Crippen molar-refractivity contribution in [2.45, 2.75) is 20.8 Å². The summed E-state index contributed by atoms with van der Waals surface area (Å²) in [6.07, 6.45) is 0. The summed E-state index contributed by atoms with van der Waals surface area (Å²) in [5.74, 6) is 0.698. The molecule has 1 rings (SSSR count). The topological polar surface area (TPSA) is 24.7 Å². The largest absolute Gasteiger partial charge is 0.232 e. The SMILES string of the molecule is CC(C)(C)C(N=C=S)=Nc1ccccc1. The highest BCUT2D eigenvalue weighted by Crippen LogP contribution is 2.21. The molecule has 0 amide bonds. The number of hydrogen-bond acceptors (Lipinski definition) is 2. The fourth-order valence-electron chi connectivity index (χ4n) is 1.03. The number of isothiocyanates is 1. The smallest absolute Gasteiger partial charge is 0.145 e. The summed E-state index contributed by atoms with van der Waals surface area (Å²) in [6.45, 7) is 6.14. The lowest BCUT2D eigenvalue weighted by atomic mass is 9.95. The molecule has 0 aliphatic rings. The summed E-state index contributed by atoms with van der Waals surface area (Å²) in [5.41, 5.74) is 0.762. The first kappa shape index (κ1) is 11.8. The van der Waals surface area contributed by atoms with E-state index < -0.39 is 0 Å². The number of para-hydroxylation sites is 1. The highest BCUT2D eigenvalue weighted by atomic mass is 32.1. The van der Waals surface area contributed by atoms with Crippen LogP contribution in [0.2, 0.25) is 0 Å². The molecular weight excluding hydrogens is 204 g/mol. The number of rotatable bonds is 1. The van der Waals surface area contributed by atoms with Crippen LogP contribution in [0.4, 0.5) is 5.69 Å². The summed E-state index contributed by atoms with van der Waals surface area (Å²) in [5, 5.41) is 2.37. The van der Waals surface area contributed by atoms with Crippen LogP contribution in [0.15, 0.2) is 40.3 Å². The van der Waals surface area contributed by atoms with Gasteiger partial charge in [0, 0.05) is 5.41 Å². The van der Waals surface area contributed by atoms with E-state index in [0.717, 1.165) is 5.69 Å². The van der Waals surface area contributed by atoms with Crippen molar-refractivity contribution in [3.05, 3.63) is 30.3 Å². The maximum absolute atomic E-state index is 4.62. The number of benzene rings is 1. The standard InChI is InChI=1S/C12H14N2S/c1-12(2,3)11(13-9-15)14-10-7-5-4-6-8-10/h4-8H,1-3H3. The quantitative estimate of drug-likeness (QED) is 0.399. The molecule has 1 aromatic rings. The lowest BCUT2D eigenvalue weighted by Gasteiger charge is -2.16. The zero-order chi connectivity index (χ0) is 11.3. The van der Waals surface area contributed by atoms with Crippen molar-refractivity contribution in [3.8, 4) is 0 Å². The average Bonchev–Trinajstić information content (AvgIpc) is 2.17. The van der Waals surface area contributed by atoms with Gasteiger partial charge in [-0.3, -0.25) is 0 Å². The molecule has 0 bridgehead atoms. The Morgan fingerprint density at radius 1 is 1.20 bits per heavy atom. The molecule has 0 N–H and O–H groups in total. The van der Waals surface area contributed by atoms with Crippen LogP contribution in [-0.4, -0.2) is 11.0 Å². The molecule has 3 heteroatoms. The first-order valence-corrected chi connectivity index (χ1v) is 5.17. The van der Waals surface area contributed by atoms with Gasteiger partial charge in [0.1, 0.15) is 5.84 Å². The molecule has 2 nitrogen and oxygen atoms in total. The molecule has 0 aliphatic carbocycles. The minimum Gasteiger partial charge on any atom is -0.232 e. The minimum atomic E-state index is -0.123. The van der Waals surface area contributed by atoms with Gasteiger partial charge in [0.15, 0.2) is 0 Å². The van der Waals surface area contributed by atoms with E-state index in [2.05, 4.69) is 27.4 Å². The number of aliphatic imine (C=N–C) groups is 2. The molecule has 0 unspecified atom stereocenters. The Bertz CT molecular complexity index is 395. The molecule has 0 heterocycles. The number of thiocarbonyl (C=S) groups is 1. The van der Waals surface area contributed by atoms with Crippen LogP contribution in [0.25, 0.3) is 0 Å². The highest BCUT2D eigenvalue weighted by Gasteiger charge is 2.18. The first-order valence-electron chi connectivity index (χ1n) is 4.76. The van der Waals surface area contributed by atoms with Crippen molar-refractivity contribution in [3.63, 3.8) is 0 Å². The minimum absolute atomic E-state index is 0.123. The van der Waals surface area contributed by atoms with Gasteiger partial charge < -0.3 is 0 Å². The summed E-state index contributed by atoms with van der Waals surface area (Å²) in [7, 11) is 0. The van der Waals surface area contributed by atoms with Crippen LogP contribution in [0.1, 0.15) is 20.8 Å². The fourth-order valence-corrected chi connectivity index (χ4v) is 1.11. The number of hydrogen-bond donors (Lipinski definition) is 0. The van der Waals surface area contributed by atoms with Crippen LogP contribution in [0.5, 0.6) is 0 Å². The van der Waals surface area contributed by atoms with Gasteiger partial charge in [0.25, 0.3) is 0 Å². The lowest BCUT2D eigenvalue weighted by molar-refractivity contribution is 0.586. The summed E-state index contributed by atoms with van der Waals surface area (Å²) >= 11 is 4.62. The Morgan fingerprint density at radius 2 is 1.80 bits per heavy atom. The molecule has 0 saturated carbocycles. The van der Waals surface area contributed by atoms with Gasteiger partial charge in [-0.25, -0.2) is 4.99 Å². The molecule has 0 aromatic heterocycles. The average molecular weight is 218 g/mol. The maximum Gasteiger partial charge on any atom is 0.145 e. The summed E-state index contributed by atoms with van der Waals surface area (Å²) in [4.78, 5) is 8.45. The molecule has 15 heavy (non-hydrogen) atoms. The van der Waals surface area contributed by atoms with Gasteiger partial charge in [-0.15, -0.1) is 0 Å². The van der Waals surface area contributed by atoms with Gasteiger partial charge in [0.05, 0.1) is 10.8 Å². The van der Waals surface area contributed by atoms with Crippen LogP contribution >= 0.6 is 12.2 Å². The van der Waals surface area contributed by atoms with Crippen LogP contribution in [0, 0.1) is 5.41 Å². The van der Waals surface area contributed by atoms with Gasteiger partial charge in [-0.05, 0) is 24.4 Å². The molecule has 0 radical (unpaired) electrons. The number of amidine groups is 1. The van der Waals surface area contributed by atoms with E-state index in [1.807, 2.05) is 51.1 Å². The van der Waals surface area contributed by atoms with E-state index in [4.69, 9.17) is 0 Å². The second-order valence-corrected chi connectivity index (χ2v) is 4.41. The molecule has 0 aliphatic heterocycles. The second-order valence-electron chi connectivity index (χ2n) is 4.22. The van der Waals surface area contributed by atoms with Crippen molar-refractivity contribution < 1.29 is 0 Å². The third kappa shape index (κ3) is 3.74. The summed E-state index contributed by atoms with van der Waals surface area (Å²) in [6, 6.07) is 9.72. The molecule has 78 valence electrons. The van der Waals surface area contributed by atoms with Crippen molar-refractivity contribution in [1.82, 2.24) is 0 Å². The zero-order valence-electron chi connectivity index (χ0n) is 9.19. The molecule has 0 spiro atoms. The van der Waals surface area contributed by atoms with Crippen LogP contribution < -0.4 is 0 Å². The van der Waals surface area contributed by atoms with E-state index in [-0.39, 0.29) is 5.41 Å². The Labute approximate surface area is 95.8 Å². The molecule has 0 saturated heterocycles. The predicted molar refractivity (Wildman–Crippen MR) is 68.0 cm³/mol. The molecular formula is C12H14N2S. The highest BCUT2D eigenvalue weighted by molar-refractivity contribution is 7.78. The Hall–Kier alpha value is -1.31. The van der Waals surface area contributed by atoms with Gasteiger partial charge in [-0.2, -0.15) is 4.99 Å². The maximum atomic E-state index is 4.62. The van der Waals surface area contributed by atoms with E-state index in [1.165, 1.54) is 0 Å². The normalized spacial score (nSPS) is 12.1. The number of nitrogens with zero attached hydrogens (tertiary/aromatic N) is 2. The predicted octanol–water partition coefficient (Wildman–Crippen LogP) is 3.87.